The van der Waals surface area contributed by atoms with E-state index in [9.17, 15) is 14.0 Å². The molecule has 2 nitrogen and oxygen atoms in total. The summed E-state index contributed by atoms with van der Waals surface area (Å²) < 4.78 is 14.9. The third-order valence-electron chi connectivity index (χ3n) is 7.03. The summed E-state index contributed by atoms with van der Waals surface area (Å²) in [5, 5.41) is 0. The largest absolute Gasteiger partial charge is 0.299 e. The lowest BCUT2D eigenvalue weighted by Crippen LogP contribution is -2.47. The summed E-state index contributed by atoms with van der Waals surface area (Å²) in [5.41, 5.74) is 1.43. The number of hydrogen-bond donors (Lipinski definition) is 0. The van der Waals surface area contributed by atoms with Crippen LogP contribution in [0, 0.1) is 22.7 Å². The average Bonchev–Trinajstić information content (AvgIpc) is 2.77. The molecular weight excluding hydrogens is 279 g/mol. The van der Waals surface area contributed by atoms with Crippen molar-refractivity contribution in [3.63, 3.8) is 0 Å². The van der Waals surface area contributed by atoms with E-state index in [-0.39, 0.29) is 28.4 Å². The van der Waals surface area contributed by atoms with Gasteiger partial charge in [0.05, 0.1) is 0 Å². The third kappa shape index (κ3) is 1.65. The molecule has 0 unspecified atom stereocenters. The van der Waals surface area contributed by atoms with Crippen LogP contribution in [0.3, 0.4) is 0 Å². The lowest BCUT2D eigenvalue weighted by atomic mass is 9.51. The molecule has 4 aliphatic carbocycles. The van der Waals surface area contributed by atoms with Crippen LogP contribution >= 0.6 is 0 Å². The number of alkyl halides is 1. The second-order valence-electron chi connectivity index (χ2n) is 8.06. The van der Waals surface area contributed by atoms with Crippen LogP contribution in [0.2, 0.25) is 0 Å². The molecule has 0 aromatic carbocycles. The molecular formula is C19H23FO2. The molecule has 118 valence electrons. The molecule has 5 atom stereocenters. The minimum absolute atomic E-state index is 0.0610. The Morgan fingerprint density at radius 1 is 1.18 bits per heavy atom. The van der Waals surface area contributed by atoms with E-state index in [0.717, 1.165) is 19.3 Å². The summed E-state index contributed by atoms with van der Waals surface area (Å²) in [7, 11) is 0. The normalized spacial score (nSPS) is 47.3. The number of carbonyl (C=O) groups is 2. The Balaban J connectivity index is 1.82. The quantitative estimate of drug-likeness (QED) is 0.635. The van der Waals surface area contributed by atoms with Gasteiger partial charge in [-0.15, -0.1) is 0 Å². The topological polar surface area (TPSA) is 34.1 Å². The molecule has 0 N–H and O–H groups in total. The SMILES string of the molecule is C[C@]12CCC(=O)C=C1[C@@H](F)C[C@@H]1C2=CC[C@]2(C)C(=O)CC[C@@H]12. The van der Waals surface area contributed by atoms with Crippen LogP contribution in [0.5, 0.6) is 0 Å². The Bertz CT molecular complexity index is 631. The van der Waals surface area contributed by atoms with Gasteiger partial charge in [-0.3, -0.25) is 9.59 Å². The third-order valence-corrected chi connectivity index (χ3v) is 7.03. The fourth-order valence-electron chi connectivity index (χ4n) is 5.64. The van der Waals surface area contributed by atoms with Gasteiger partial charge in [0.1, 0.15) is 12.0 Å². The van der Waals surface area contributed by atoms with Crippen molar-refractivity contribution in [3.8, 4) is 0 Å². The molecule has 0 saturated heterocycles. The summed E-state index contributed by atoms with van der Waals surface area (Å²) in [6.07, 6.45) is 6.78. The van der Waals surface area contributed by atoms with E-state index < -0.39 is 6.17 Å². The zero-order valence-electron chi connectivity index (χ0n) is 13.3. The number of fused-ring (bicyclic) bond motifs is 5. The number of hydrogen-bond acceptors (Lipinski definition) is 2. The van der Waals surface area contributed by atoms with Crippen molar-refractivity contribution < 1.29 is 14.0 Å². The van der Waals surface area contributed by atoms with Crippen molar-refractivity contribution in [1.29, 1.82) is 0 Å². The number of halogens is 1. The lowest BCUT2D eigenvalue weighted by molar-refractivity contribution is -0.127. The lowest BCUT2D eigenvalue weighted by Gasteiger charge is -2.52. The predicted octanol–water partition coefficient (Wildman–Crippen LogP) is 3.96. The highest BCUT2D eigenvalue weighted by atomic mass is 19.1. The van der Waals surface area contributed by atoms with Crippen LogP contribution in [-0.4, -0.2) is 17.7 Å². The van der Waals surface area contributed by atoms with Crippen LogP contribution in [0.1, 0.15) is 52.4 Å². The van der Waals surface area contributed by atoms with E-state index in [0.29, 0.717) is 30.6 Å². The van der Waals surface area contributed by atoms with Crippen LogP contribution in [-0.2, 0) is 9.59 Å². The predicted molar refractivity (Wildman–Crippen MR) is 82.0 cm³/mol. The molecule has 3 heteroatoms. The second kappa shape index (κ2) is 4.39. The number of allylic oxidation sites excluding steroid dienone is 4. The van der Waals surface area contributed by atoms with Gasteiger partial charge in [-0.05, 0) is 49.2 Å². The molecule has 2 saturated carbocycles. The van der Waals surface area contributed by atoms with Crippen LogP contribution in [0.15, 0.2) is 23.3 Å². The molecule has 0 bridgehead atoms. The Labute approximate surface area is 130 Å². The molecule has 0 heterocycles. The van der Waals surface area contributed by atoms with E-state index in [1.807, 2.05) is 0 Å². The van der Waals surface area contributed by atoms with E-state index >= 15 is 0 Å². The summed E-state index contributed by atoms with van der Waals surface area (Å²) >= 11 is 0. The maximum absolute atomic E-state index is 14.9. The molecule has 2 fully saturated rings. The first-order valence-corrected chi connectivity index (χ1v) is 8.49. The van der Waals surface area contributed by atoms with Crippen molar-refractivity contribution in [3.05, 3.63) is 23.3 Å². The smallest absolute Gasteiger partial charge is 0.155 e. The Hall–Kier alpha value is -1.25. The van der Waals surface area contributed by atoms with Gasteiger partial charge in [-0.2, -0.15) is 0 Å². The van der Waals surface area contributed by atoms with E-state index in [1.165, 1.54) is 5.57 Å². The zero-order chi connectivity index (χ0) is 15.7. The summed E-state index contributed by atoms with van der Waals surface area (Å²) in [5.74, 6) is 0.879. The minimum Gasteiger partial charge on any atom is -0.299 e. The van der Waals surface area contributed by atoms with E-state index in [4.69, 9.17) is 0 Å². The molecule has 4 aliphatic rings. The van der Waals surface area contributed by atoms with Crippen LogP contribution in [0.25, 0.3) is 0 Å². The number of ketones is 2. The molecule has 0 aromatic rings. The van der Waals surface area contributed by atoms with E-state index in [2.05, 4.69) is 19.9 Å². The maximum atomic E-state index is 14.9. The average molecular weight is 302 g/mol. The Kier molecular flexibility index (Phi) is 2.87. The second-order valence-corrected chi connectivity index (χ2v) is 8.06. The van der Waals surface area contributed by atoms with Gasteiger partial charge >= 0.3 is 0 Å². The molecule has 0 amide bonds. The van der Waals surface area contributed by atoms with Crippen LogP contribution in [0.4, 0.5) is 4.39 Å². The van der Waals surface area contributed by atoms with Gasteiger partial charge in [-0.25, -0.2) is 4.39 Å². The molecule has 0 aromatic heterocycles. The number of carbonyl (C=O) groups excluding carboxylic acids is 2. The zero-order valence-corrected chi connectivity index (χ0v) is 13.3. The Morgan fingerprint density at radius 3 is 2.73 bits per heavy atom. The number of rotatable bonds is 0. The van der Waals surface area contributed by atoms with Crippen molar-refractivity contribution >= 4 is 11.6 Å². The monoisotopic (exact) mass is 302 g/mol. The summed E-state index contributed by atoms with van der Waals surface area (Å²) in [6.45, 7) is 4.18. The highest BCUT2D eigenvalue weighted by molar-refractivity contribution is 5.92. The first-order chi connectivity index (χ1) is 10.4. The highest BCUT2D eigenvalue weighted by Gasteiger charge is 2.57. The first-order valence-electron chi connectivity index (χ1n) is 8.49. The van der Waals surface area contributed by atoms with Gasteiger partial charge in [0.25, 0.3) is 0 Å². The van der Waals surface area contributed by atoms with Crippen molar-refractivity contribution in [1.82, 2.24) is 0 Å². The molecule has 4 rings (SSSR count). The highest BCUT2D eigenvalue weighted by Crippen LogP contribution is 2.62. The fraction of sp³-hybridized carbons (Fsp3) is 0.684. The molecule has 0 aliphatic heterocycles. The van der Waals surface area contributed by atoms with Crippen molar-refractivity contribution in [2.24, 2.45) is 22.7 Å². The van der Waals surface area contributed by atoms with Gasteiger partial charge in [0.2, 0.25) is 0 Å². The summed E-state index contributed by atoms with van der Waals surface area (Å²) in [6, 6.07) is 0. The fourth-order valence-corrected chi connectivity index (χ4v) is 5.64. The maximum Gasteiger partial charge on any atom is 0.155 e. The van der Waals surface area contributed by atoms with Crippen LogP contribution < -0.4 is 0 Å². The van der Waals surface area contributed by atoms with Gasteiger partial charge in [-0.1, -0.05) is 25.5 Å². The standard InChI is InChI=1S/C19H23FO2/c1-18-7-5-11(21)9-15(18)16(20)10-12-13-3-4-17(22)19(13,2)8-6-14(12)18/h6,9,12-13,16H,3-5,7-8,10H2,1-2H3/t12-,13-,16-,18+,19-/m0/s1. The first kappa shape index (κ1) is 14.3. The number of Topliss-reactive ketones (excluding diaryl/α,β-unsaturated/α-hetero) is 1. The Morgan fingerprint density at radius 2 is 1.95 bits per heavy atom. The molecule has 0 radical (unpaired) electrons. The van der Waals surface area contributed by atoms with Gasteiger partial charge in [0, 0.05) is 23.7 Å². The van der Waals surface area contributed by atoms with E-state index in [1.54, 1.807) is 6.08 Å². The molecule has 0 spiro atoms. The van der Waals surface area contributed by atoms with Crippen molar-refractivity contribution in [2.45, 2.75) is 58.5 Å². The minimum atomic E-state index is -1.03. The molecule has 22 heavy (non-hydrogen) atoms. The summed E-state index contributed by atoms with van der Waals surface area (Å²) in [4.78, 5) is 24.0. The van der Waals surface area contributed by atoms with Crippen molar-refractivity contribution in [2.75, 3.05) is 0 Å². The van der Waals surface area contributed by atoms with Gasteiger partial charge < -0.3 is 0 Å². The van der Waals surface area contributed by atoms with Gasteiger partial charge in [0.15, 0.2) is 5.78 Å².